The van der Waals surface area contributed by atoms with Crippen LogP contribution in [-0.2, 0) is 19.6 Å². The molecule has 0 N–H and O–H groups in total. The van der Waals surface area contributed by atoms with Crippen LogP contribution in [0.4, 0.5) is 0 Å². The molecule has 2 aromatic carbocycles. The zero-order chi connectivity index (χ0) is 19.9. The third kappa shape index (κ3) is 6.25. The van der Waals surface area contributed by atoms with Crippen LogP contribution in [0, 0.1) is 12.8 Å². The number of halogens is 1. The number of hydrogen-bond acceptors (Lipinski definition) is 1. The summed E-state index contributed by atoms with van der Waals surface area (Å²) < 4.78 is 2.37. The van der Waals surface area contributed by atoms with Crippen LogP contribution in [-0.4, -0.2) is 16.0 Å². The molecular formula is C25H31ClN2. The normalized spacial score (nSPS) is 11.5. The van der Waals surface area contributed by atoms with Gasteiger partial charge in [0.05, 0.1) is 0 Å². The summed E-state index contributed by atoms with van der Waals surface area (Å²) in [4.78, 5) is 2.54. The summed E-state index contributed by atoms with van der Waals surface area (Å²) in [6.07, 6.45) is 3.39. The molecule has 3 aromatic rings. The Bertz CT molecular complexity index is 882. The maximum Gasteiger partial charge on any atom is 0.0473 e. The second kappa shape index (κ2) is 9.95. The summed E-state index contributed by atoms with van der Waals surface area (Å²) in [5.41, 5.74) is 5.28. The first-order valence-electron chi connectivity index (χ1n) is 10.2. The minimum Gasteiger partial charge on any atom is -0.346 e. The Hall–Kier alpha value is -2.03. The van der Waals surface area contributed by atoms with Crippen LogP contribution in [0.2, 0.25) is 5.02 Å². The van der Waals surface area contributed by atoms with Gasteiger partial charge in [0.1, 0.15) is 0 Å². The van der Waals surface area contributed by atoms with E-state index in [4.69, 9.17) is 11.6 Å². The fourth-order valence-electron chi connectivity index (χ4n) is 3.53. The second-order valence-electron chi connectivity index (χ2n) is 8.14. The largest absolute Gasteiger partial charge is 0.346 e. The van der Waals surface area contributed by atoms with Crippen molar-refractivity contribution in [3.05, 3.63) is 94.3 Å². The van der Waals surface area contributed by atoms with Crippen LogP contribution in [0.3, 0.4) is 0 Å². The first-order chi connectivity index (χ1) is 13.5. The minimum absolute atomic E-state index is 0.695. The van der Waals surface area contributed by atoms with E-state index in [-0.39, 0.29) is 0 Å². The van der Waals surface area contributed by atoms with Crippen molar-refractivity contribution in [1.82, 2.24) is 9.47 Å². The van der Waals surface area contributed by atoms with Crippen LogP contribution in [0.1, 0.15) is 42.7 Å². The molecule has 2 nitrogen and oxygen atoms in total. The first-order valence-corrected chi connectivity index (χ1v) is 10.5. The van der Waals surface area contributed by atoms with E-state index in [9.17, 15) is 0 Å². The van der Waals surface area contributed by atoms with E-state index in [0.717, 1.165) is 31.2 Å². The van der Waals surface area contributed by atoms with Crippen molar-refractivity contribution in [3.63, 3.8) is 0 Å². The SMILES string of the molecule is Cc1cccc(Cn2cccc2CN(CCC(C)C)Cc2cccc(Cl)c2)c1. The predicted octanol–water partition coefficient (Wildman–Crippen LogP) is 6.55. The van der Waals surface area contributed by atoms with Crippen LogP contribution in [0.25, 0.3) is 0 Å². The van der Waals surface area contributed by atoms with Crippen molar-refractivity contribution < 1.29 is 0 Å². The average Bonchev–Trinajstić information content (AvgIpc) is 3.06. The third-order valence-corrected chi connectivity index (χ3v) is 5.30. The molecule has 0 radical (unpaired) electrons. The van der Waals surface area contributed by atoms with Gasteiger partial charge in [-0.2, -0.15) is 0 Å². The van der Waals surface area contributed by atoms with Gasteiger partial charge in [-0.05, 0) is 61.2 Å². The van der Waals surface area contributed by atoms with E-state index in [0.29, 0.717) is 5.92 Å². The summed E-state index contributed by atoms with van der Waals surface area (Å²) in [5, 5.41) is 0.809. The molecule has 0 saturated carbocycles. The molecule has 0 fully saturated rings. The monoisotopic (exact) mass is 394 g/mol. The number of hydrogen-bond donors (Lipinski definition) is 0. The number of aryl methyl sites for hydroxylation is 1. The van der Waals surface area contributed by atoms with Crippen molar-refractivity contribution in [1.29, 1.82) is 0 Å². The van der Waals surface area contributed by atoms with Gasteiger partial charge < -0.3 is 4.57 Å². The lowest BCUT2D eigenvalue weighted by atomic mass is 10.1. The lowest BCUT2D eigenvalue weighted by Gasteiger charge is -2.24. The predicted molar refractivity (Wildman–Crippen MR) is 120 cm³/mol. The van der Waals surface area contributed by atoms with Crippen LogP contribution in [0.15, 0.2) is 66.9 Å². The molecule has 0 unspecified atom stereocenters. The van der Waals surface area contributed by atoms with E-state index in [1.165, 1.54) is 28.8 Å². The minimum atomic E-state index is 0.695. The molecule has 0 aliphatic carbocycles. The molecule has 1 heterocycles. The standard InChI is InChI=1S/C25H31ClN2/c1-20(2)12-14-27(17-23-9-5-10-24(26)16-23)19-25-11-6-13-28(25)18-22-8-4-7-21(3)15-22/h4-11,13,15-16,20H,12,14,17-19H2,1-3H3. The average molecular weight is 395 g/mol. The van der Waals surface area contributed by atoms with Crippen LogP contribution >= 0.6 is 11.6 Å². The highest BCUT2D eigenvalue weighted by atomic mass is 35.5. The smallest absolute Gasteiger partial charge is 0.0473 e. The molecule has 0 saturated heterocycles. The Kier molecular flexibility index (Phi) is 7.36. The molecule has 0 aliphatic heterocycles. The maximum absolute atomic E-state index is 6.20. The highest BCUT2D eigenvalue weighted by Crippen LogP contribution is 2.17. The number of benzene rings is 2. The molecule has 0 atom stereocenters. The third-order valence-electron chi connectivity index (χ3n) is 5.06. The summed E-state index contributed by atoms with van der Waals surface area (Å²) in [6.45, 7) is 10.6. The Morgan fingerprint density at radius 3 is 2.46 bits per heavy atom. The Balaban J connectivity index is 1.74. The van der Waals surface area contributed by atoms with Crippen molar-refractivity contribution in [2.24, 2.45) is 5.92 Å². The molecule has 28 heavy (non-hydrogen) atoms. The summed E-state index contributed by atoms with van der Waals surface area (Å²) in [5.74, 6) is 0.695. The van der Waals surface area contributed by atoms with Gasteiger partial charge in [-0.15, -0.1) is 0 Å². The van der Waals surface area contributed by atoms with Gasteiger partial charge >= 0.3 is 0 Å². The summed E-state index contributed by atoms with van der Waals surface area (Å²) in [6, 6.07) is 21.4. The van der Waals surface area contributed by atoms with Crippen LogP contribution in [0.5, 0.6) is 0 Å². The van der Waals surface area contributed by atoms with E-state index < -0.39 is 0 Å². The molecule has 148 valence electrons. The van der Waals surface area contributed by atoms with Gasteiger partial charge in [0.15, 0.2) is 0 Å². The van der Waals surface area contributed by atoms with Gasteiger partial charge in [0, 0.05) is 36.5 Å². The van der Waals surface area contributed by atoms with Crippen molar-refractivity contribution >= 4 is 11.6 Å². The Morgan fingerprint density at radius 2 is 1.71 bits per heavy atom. The Labute approximate surface area is 174 Å². The maximum atomic E-state index is 6.20. The van der Waals surface area contributed by atoms with Crippen molar-refractivity contribution in [3.8, 4) is 0 Å². The topological polar surface area (TPSA) is 8.17 Å². The van der Waals surface area contributed by atoms with Crippen molar-refractivity contribution in [2.45, 2.75) is 46.8 Å². The van der Waals surface area contributed by atoms with Gasteiger partial charge in [-0.25, -0.2) is 0 Å². The van der Waals surface area contributed by atoms with E-state index in [2.05, 4.69) is 85.0 Å². The molecule has 3 rings (SSSR count). The molecule has 0 bridgehead atoms. The molecule has 0 spiro atoms. The van der Waals surface area contributed by atoms with Gasteiger partial charge in [-0.3, -0.25) is 4.90 Å². The molecule has 0 aliphatic rings. The summed E-state index contributed by atoms with van der Waals surface area (Å²) >= 11 is 6.20. The Morgan fingerprint density at radius 1 is 0.929 bits per heavy atom. The van der Waals surface area contributed by atoms with Crippen LogP contribution < -0.4 is 0 Å². The highest BCUT2D eigenvalue weighted by molar-refractivity contribution is 6.30. The second-order valence-corrected chi connectivity index (χ2v) is 8.58. The first kappa shape index (κ1) is 20.7. The highest BCUT2D eigenvalue weighted by Gasteiger charge is 2.11. The quantitative estimate of drug-likeness (QED) is 0.399. The molecule has 1 aromatic heterocycles. The molecule has 3 heteroatoms. The van der Waals surface area contributed by atoms with Gasteiger partial charge in [0.25, 0.3) is 0 Å². The zero-order valence-electron chi connectivity index (χ0n) is 17.2. The van der Waals surface area contributed by atoms with E-state index in [1.807, 2.05) is 12.1 Å². The van der Waals surface area contributed by atoms with Crippen molar-refractivity contribution in [2.75, 3.05) is 6.54 Å². The number of nitrogens with zero attached hydrogens (tertiary/aromatic N) is 2. The zero-order valence-corrected chi connectivity index (χ0v) is 18.0. The lowest BCUT2D eigenvalue weighted by Crippen LogP contribution is -2.26. The summed E-state index contributed by atoms with van der Waals surface area (Å²) in [7, 11) is 0. The number of rotatable bonds is 9. The van der Waals surface area contributed by atoms with Gasteiger partial charge in [-0.1, -0.05) is 67.4 Å². The number of aromatic nitrogens is 1. The van der Waals surface area contributed by atoms with E-state index >= 15 is 0 Å². The lowest BCUT2D eigenvalue weighted by molar-refractivity contribution is 0.235. The molecular weight excluding hydrogens is 364 g/mol. The van der Waals surface area contributed by atoms with Gasteiger partial charge in [0.2, 0.25) is 0 Å². The fourth-order valence-corrected chi connectivity index (χ4v) is 3.74. The fraction of sp³-hybridized carbons (Fsp3) is 0.360. The molecule has 0 amide bonds. The van der Waals surface area contributed by atoms with E-state index in [1.54, 1.807) is 0 Å².